The maximum atomic E-state index is 14.1. The Morgan fingerprint density at radius 3 is 2.47 bits per heavy atom. The number of benzene rings is 2. The Bertz CT molecular complexity index is 1240. The van der Waals surface area contributed by atoms with Crippen LogP contribution in [0.2, 0.25) is 5.02 Å². The summed E-state index contributed by atoms with van der Waals surface area (Å²) < 4.78 is 47.6. The molecule has 0 aliphatic heterocycles. The molecule has 3 rings (SSSR count). The van der Waals surface area contributed by atoms with Gasteiger partial charge in [0.25, 0.3) is 10.0 Å². The van der Waals surface area contributed by atoms with Crippen molar-refractivity contribution in [2.75, 3.05) is 10.8 Å². The Labute approximate surface area is 224 Å². The normalized spacial score (nSPS) is 11.9. The van der Waals surface area contributed by atoms with Gasteiger partial charge in [-0.1, -0.05) is 35.9 Å². The Balaban J connectivity index is 0.00000408. The second kappa shape index (κ2) is 12.0. The van der Waals surface area contributed by atoms with Crippen LogP contribution in [0.25, 0.3) is 0 Å². The molecule has 1 atom stereocenters. The number of halogens is 2. The summed E-state index contributed by atoms with van der Waals surface area (Å²) in [5.41, 5.74) is 1.35. The van der Waals surface area contributed by atoms with Crippen LogP contribution in [0.15, 0.2) is 65.8 Å². The smallest absolute Gasteiger partial charge is 0.545 e. The minimum absolute atomic E-state index is 0. The number of alkyl halides is 1. The van der Waals surface area contributed by atoms with E-state index in [2.05, 4.69) is 4.98 Å². The summed E-state index contributed by atoms with van der Waals surface area (Å²) in [6.07, 6.45) is 1.15. The van der Waals surface area contributed by atoms with Crippen molar-refractivity contribution in [2.24, 2.45) is 0 Å². The van der Waals surface area contributed by atoms with Crippen LogP contribution in [0, 0.1) is 6.92 Å². The van der Waals surface area contributed by atoms with E-state index in [9.17, 15) is 22.7 Å². The van der Waals surface area contributed by atoms with Gasteiger partial charge >= 0.3 is 29.6 Å². The van der Waals surface area contributed by atoms with Crippen LogP contribution in [0.3, 0.4) is 0 Å². The van der Waals surface area contributed by atoms with Crippen LogP contribution >= 0.6 is 11.6 Å². The van der Waals surface area contributed by atoms with E-state index in [0.29, 0.717) is 16.1 Å². The van der Waals surface area contributed by atoms with Gasteiger partial charge in [0.15, 0.2) is 0 Å². The molecule has 2 aromatic carbocycles. The number of anilines is 1. The third-order valence-electron chi connectivity index (χ3n) is 4.73. The number of nitrogens with zero attached hydrogens (tertiary/aromatic N) is 2. The van der Waals surface area contributed by atoms with Gasteiger partial charge in [-0.15, -0.1) is 0 Å². The number of aryl methyl sites for hydroxylation is 1. The van der Waals surface area contributed by atoms with E-state index >= 15 is 0 Å². The zero-order valence-corrected chi connectivity index (χ0v) is 22.4. The van der Waals surface area contributed by atoms with E-state index < -0.39 is 28.7 Å². The number of sulfonamides is 1. The molecular formula is C23H21ClFN2NaO5S. The van der Waals surface area contributed by atoms with Gasteiger partial charge in [-0.3, -0.25) is 9.29 Å². The monoisotopic (exact) mass is 514 g/mol. The number of ether oxygens (including phenoxy) is 1. The molecular weight excluding hydrogens is 494 g/mol. The van der Waals surface area contributed by atoms with Crippen molar-refractivity contribution < 1.29 is 57.0 Å². The molecule has 7 nitrogen and oxygen atoms in total. The molecule has 0 saturated heterocycles. The molecule has 174 valence electrons. The second-order valence-electron chi connectivity index (χ2n) is 7.35. The molecule has 1 heterocycles. The summed E-state index contributed by atoms with van der Waals surface area (Å²) in [5, 5.41) is 11.3. The number of aromatic carboxylic acids is 1. The Hall–Kier alpha value is -2.17. The van der Waals surface area contributed by atoms with Crippen LogP contribution in [0.4, 0.5) is 10.1 Å². The topological polar surface area (TPSA) is 99.6 Å². The van der Waals surface area contributed by atoms with Crippen molar-refractivity contribution in [2.45, 2.75) is 31.5 Å². The number of rotatable bonds is 9. The number of carboxylic acid groups (broad SMARTS) is 1. The number of carboxylic acids is 1. The summed E-state index contributed by atoms with van der Waals surface area (Å²) in [5.74, 6) is -1.17. The summed E-state index contributed by atoms with van der Waals surface area (Å²) in [4.78, 5) is 14.7. The minimum Gasteiger partial charge on any atom is -0.545 e. The van der Waals surface area contributed by atoms with Gasteiger partial charge in [-0.25, -0.2) is 12.8 Å². The van der Waals surface area contributed by atoms with Gasteiger partial charge in [-0.2, -0.15) is 0 Å². The third-order valence-corrected chi connectivity index (χ3v) is 6.90. The van der Waals surface area contributed by atoms with E-state index in [1.54, 1.807) is 19.1 Å². The molecule has 0 saturated carbocycles. The van der Waals surface area contributed by atoms with Crippen molar-refractivity contribution >= 4 is 33.3 Å². The van der Waals surface area contributed by atoms with E-state index in [4.69, 9.17) is 16.3 Å². The molecule has 0 radical (unpaired) electrons. The van der Waals surface area contributed by atoms with Gasteiger partial charge in [0.1, 0.15) is 23.4 Å². The summed E-state index contributed by atoms with van der Waals surface area (Å²) in [7, 11) is -4.16. The molecule has 0 bridgehead atoms. The SMILES string of the molecule is Cc1cc(N(C[C@@H](C)F)S(=O)(=O)c2cccnc2)c(OCc2ccc(C(=O)[O-])cc2)cc1Cl.[Na+]. The van der Waals surface area contributed by atoms with Crippen LogP contribution < -0.4 is 43.7 Å². The average Bonchev–Trinajstić information content (AvgIpc) is 2.78. The van der Waals surface area contributed by atoms with Gasteiger partial charge < -0.3 is 14.6 Å². The zero-order chi connectivity index (χ0) is 24.2. The quantitative estimate of drug-likeness (QED) is 0.387. The third kappa shape index (κ3) is 6.70. The first-order valence-corrected chi connectivity index (χ1v) is 11.7. The molecule has 0 fully saturated rings. The standard InChI is InChI=1S/C23H22ClFN2O5S.Na/c1-15-10-21(27(13-16(2)25)33(30,31)19-4-3-9-26-12-19)22(11-20(15)24)32-14-17-5-7-18(8-6-17)23(28)29;/h3-12,16H,13-14H2,1-2H3,(H,28,29);/q;+1/p-1/t16-;/m1./s1. The maximum Gasteiger partial charge on any atom is 1.00 e. The number of aromatic nitrogens is 1. The predicted octanol–water partition coefficient (Wildman–Crippen LogP) is 0.543. The summed E-state index contributed by atoms with van der Waals surface area (Å²) in [6.45, 7) is 2.50. The van der Waals surface area contributed by atoms with E-state index in [0.717, 1.165) is 4.31 Å². The van der Waals surface area contributed by atoms with Crippen molar-refractivity contribution in [3.05, 3.63) is 82.6 Å². The van der Waals surface area contributed by atoms with Gasteiger partial charge in [0.05, 0.1) is 18.2 Å². The van der Waals surface area contributed by atoms with Crippen molar-refractivity contribution in [3.63, 3.8) is 0 Å². The van der Waals surface area contributed by atoms with Crippen LogP contribution in [-0.2, 0) is 16.6 Å². The Morgan fingerprint density at radius 1 is 1.24 bits per heavy atom. The van der Waals surface area contributed by atoms with Crippen molar-refractivity contribution in [1.82, 2.24) is 4.98 Å². The fourth-order valence-corrected chi connectivity index (χ4v) is 4.69. The molecule has 0 aliphatic rings. The molecule has 3 aromatic rings. The minimum atomic E-state index is -4.16. The largest absolute Gasteiger partial charge is 1.00 e. The zero-order valence-electron chi connectivity index (χ0n) is 18.9. The molecule has 0 unspecified atom stereocenters. The van der Waals surface area contributed by atoms with Crippen molar-refractivity contribution in [3.8, 4) is 5.75 Å². The second-order valence-corrected chi connectivity index (χ2v) is 9.62. The number of hydrogen-bond acceptors (Lipinski definition) is 6. The molecule has 11 heteroatoms. The molecule has 0 spiro atoms. The first kappa shape index (κ1) is 28.1. The summed E-state index contributed by atoms with van der Waals surface area (Å²) >= 11 is 6.26. The molecule has 0 amide bonds. The van der Waals surface area contributed by atoms with E-state index in [1.807, 2.05) is 0 Å². The van der Waals surface area contributed by atoms with Gasteiger partial charge in [0, 0.05) is 23.5 Å². The Kier molecular flexibility index (Phi) is 9.90. The van der Waals surface area contributed by atoms with Gasteiger partial charge in [0.2, 0.25) is 0 Å². The van der Waals surface area contributed by atoms with E-state index in [-0.39, 0.29) is 58.1 Å². The molecule has 0 aliphatic carbocycles. The van der Waals surface area contributed by atoms with Crippen molar-refractivity contribution in [1.29, 1.82) is 0 Å². The number of carbonyl (C=O) groups is 1. The first-order chi connectivity index (χ1) is 15.6. The summed E-state index contributed by atoms with van der Waals surface area (Å²) in [6, 6.07) is 11.7. The van der Waals surface area contributed by atoms with Gasteiger partial charge in [-0.05, 0) is 48.7 Å². The number of carbonyl (C=O) groups excluding carboxylic acids is 1. The number of hydrogen-bond donors (Lipinski definition) is 0. The Morgan fingerprint density at radius 2 is 1.91 bits per heavy atom. The first-order valence-electron chi connectivity index (χ1n) is 9.89. The molecule has 0 N–H and O–H groups in total. The molecule has 34 heavy (non-hydrogen) atoms. The molecule has 1 aromatic heterocycles. The van der Waals surface area contributed by atoms with E-state index in [1.165, 1.54) is 55.7 Å². The fraction of sp³-hybridized carbons (Fsp3) is 0.217. The average molecular weight is 515 g/mol. The van der Waals surface area contributed by atoms with Crippen LogP contribution in [0.1, 0.15) is 28.4 Å². The van der Waals surface area contributed by atoms with Crippen LogP contribution in [-0.4, -0.2) is 32.1 Å². The fourth-order valence-electron chi connectivity index (χ4n) is 3.04. The van der Waals surface area contributed by atoms with Crippen LogP contribution in [0.5, 0.6) is 5.75 Å². The predicted molar refractivity (Wildman–Crippen MR) is 121 cm³/mol. The maximum absolute atomic E-state index is 14.1. The number of pyridine rings is 1.